The van der Waals surface area contributed by atoms with Gasteiger partial charge in [-0.25, -0.2) is 24.5 Å². The van der Waals surface area contributed by atoms with Gasteiger partial charge < -0.3 is 1.43 Å². The minimum atomic E-state index is -4.01. The predicted molar refractivity (Wildman–Crippen MR) is 66.7 cm³/mol. The van der Waals surface area contributed by atoms with Crippen LogP contribution in [0.25, 0.3) is 0 Å². The van der Waals surface area contributed by atoms with Gasteiger partial charge in [0.25, 0.3) is 10.0 Å². The molecule has 2 heterocycles. The second-order valence-electron chi connectivity index (χ2n) is 3.30. The summed E-state index contributed by atoms with van der Waals surface area (Å²) in [5, 5.41) is 1.94. The van der Waals surface area contributed by atoms with E-state index in [1.165, 1.54) is 30.7 Å². The van der Waals surface area contributed by atoms with E-state index in [0.29, 0.717) is 0 Å². The number of carbonyl (C=O) groups excluding carboxylic acids is 1. The van der Waals surface area contributed by atoms with E-state index in [9.17, 15) is 13.2 Å². The number of nitrogens with zero attached hydrogens (tertiary/aromatic N) is 3. The second kappa shape index (κ2) is 7.29. The van der Waals surface area contributed by atoms with Gasteiger partial charge >= 0.3 is 35.6 Å². The summed E-state index contributed by atoms with van der Waals surface area (Å²) in [7, 11) is -4.01. The number of amides is 2. The van der Waals surface area contributed by atoms with Gasteiger partial charge in [-0.05, 0) is 18.2 Å². The summed E-state index contributed by atoms with van der Waals surface area (Å²) in [6.07, 6.45) is 4.14. The molecule has 2 aromatic heterocycles. The average Bonchev–Trinajstić information content (AvgIpc) is 2.40. The monoisotopic (exact) mass is 303 g/mol. The third kappa shape index (κ3) is 4.53. The van der Waals surface area contributed by atoms with Crippen LogP contribution in [0.15, 0.2) is 47.9 Å². The molecule has 0 aliphatic heterocycles. The molecule has 0 fully saturated rings. The first-order valence-electron chi connectivity index (χ1n) is 5.10. The van der Waals surface area contributed by atoms with E-state index in [2.05, 4.69) is 20.3 Å². The van der Waals surface area contributed by atoms with Crippen LogP contribution in [0.4, 0.5) is 10.7 Å². The average molecular weight is 303 g/mol. The molecule has 20 heavy (non-hydrogen) atoms. The standard InChI is InChI=1S/C10H9N5O3S.Na.H/c16-10(14-9-12-6-3-7-13-9)15-19(17,18)8-4-1-2-5-11-8;;/h1-7H,(H2,12,13,14,15,16);;/q;+1;-1. The van der Waals surface area contributed by atoms with Crippen LogP contribution in [0.5, 0.6) is 0 Å². The van der Waals surface area contributed by atoms with Crippen LogP contribution in [0.2, 0.25) is 0 Å². The summed E-state index contributed by atoms with van der Waals surface area (Å²) in [5.41, 5.74) is 0. The Bertz CT molecular complexity index is 672. The number of pyridine rings is 1. The molecular formula is C10H10N5NaO3S. The maximum absolute atomic E-state index is 11.8. The Kier molecular flexibility index (Phi) is 6.02. The van der Waals surface area contributed by atoms with Crippen molar-refractivity contribution >= 4 is 22.0 Å². The van der Waals surface area contributed by atoms with Gasteiger partial charge in [0.1, 0.15) is 0 Å². The molecular weight excluding hydrogens is 293 g/mol. The summed E-state index contributed by atoms with van der Waals surface area (Å²) in [6.45, 7) is 0. The van der Waals surface area contributed by atoms with Crippen molar-refractivity contribution in [3.8, 4) is 0 Å². The fourth-order valence-corrected chi connectivity index (χ4v) is 2.03. The van der Waals surface area contributed by atoms with Crippen molar-refractivity contribution in [3.05, 3.63) is 42.9 Å². The molecule has 0 unspecified atom stereocenters. The molecule has 2 amide bonds. The van der Waals surface area contributed by atoms with E-state index in [4.69, 9.17) is 0 Å². The summed E-state index contributed by atoms with van der Waals surface area (Å²) in [6, 6.07) is 4.94. The minimum absolute atomic E-state index is 0. The van der Waals surface area contributed by atoms with Crippen LogP contribution in [0.1, 0.15) is 1.43 Å². The number of urea groups is 1. The van der Waals surface area contributed by atoms with Gasteiger partial charge in [0.2, 0.25) is 5.95 Å². The Balaban J connectivity index is 0.00000200. The van der Waals surface area contributed by atoms with Crippen LogP contribution in [0, 0.1) is 0 Å². The molecule has 0 radical (unpaired) electrons. The molecule has 0 saturated carbocycles. The van der Waals surface area contributed by atoms with E-state index in [-0.39, 0.29) is 42.0 Å². The fraction of sp³-hybridized carbons (Fsp3) is 0. The van der Waals surface area contributed by atoms with Crippen molar-refractivity contribution in [2.75, 3.05) is 5.32 Å². The molecule has 0 aromatic carbocycles. The van der Waals surface area contributed by atoms with Gasteiger partial charge in [-0.1, -0.05) is 6.07 Å². The van der Waals surface area contributed by atoms with Crippen molar-refractivity contribution in [1.29, 1.82) is 0 Å². The first-order valence-corrected chi connectivity index (χ1v) is 6.58. The van der Waals surface area contributed by atoms with Crippen LogP contribution < -0.4 is 39.6 Å². The Hall–Kier alpha value is -1.55. The molecule has 10 heteroatoms. The number of sulfonamides is 1. The molecule has 2 aromatic rings. The zero-order chi connectivity index (χ0) is 13.7. The molecule has 0 saturated heterocycles. The Morgan fingerprint density at radius 2 is 1.70 bits per heavy atom. The van der Waals surface area contributed by atoms with Crippen molar-refractivity contribution in [3.63, 3.8) is 0 Å². The van der Waals surface area contributed by atoms with Crippen LogP contribution >= 0.6 is 0 Å². The third-order valence-corrected chi connectivity index (χ3v) is 3.18. The predicted octanol–water partition coefficient (Wildman–Crippen LogP) is -2.50. The van der Waals surface area contributed by atoms with Crippen LogP contribution in [-0.4, -0.2) is 29.4 Å². The van der Waals surface area contributed by atoms with Gasteiger partial charge in [-0.15, -0.1) is 0 Å². The summed E-state index contributed by atoms with van der Waals surface area (Å²) in [5.74, 6) is -0.00350. The Morgan fingerprint density at radius 3 is 2.30 bits per heavy atom. The fourth-order valence-electron chi connectivity index (χ4n) is 1.17. The van der Waals surface area contributed by atoms with Crippen LogP contribution in [0.3, 0.4) is 0 Å². The minimum Gasteiger partial charge on any atom is -1.00 e. The van der Waals surface area contributed by atoms with Gasteiger partial charge in [-0.2, -0.15) is 8.42 Å². The molecule has 0 aliphatic carbocycles. The van der Waals surface area contributed by atoms with Crippen molar-refractivity contribution in [2.45, 2.75) is 5.03 Å². The number of carbonyl (C=O) groups is 1. The van der Waals surface area contributed by atoms with E-state index < -0.39 is 16.1 Å². The zero-order valence-electron chi connectivity index (χ0n) is 11.5. The Labute approximate surface area is 138 Å². The molecule has 0 aliphatic rings. The smallest absolute Gasteiger partial charge is 1.00 e. The summed E-state index contributed by atoms with van der Waals surface area (Å²) < 4.78 is 25.3. The molecule has 0 spiro atoms. The topological polar surface area (TPSA) is 114 Å². The summed E-state index contributed by atoms with van der Waals surface area (Å²) in [4.78, 5) is 22.6. The maximum atomic E-state index is 11.8. The van der Waals surface area contributed by atoms with Crippen molar-refractivity contribution < 1.29 is 44.2 Å². The normalized spacial score (nSPS) is 10.2. The number of nitrogens with one attached hydrogen (secondary N) is 2. The molecule has 100 valence electrons. The van der Waals surface area contributed by atoms with Gasteiger partial charge in [-0.3, -0.25) is 5.32 Å². The first-order chi connectivity index (χ1) is 9.08. The van der Waals surface area contributed by atoms with Crippen molar-refractivity contribution in [2.24, 2.45) is 0 Å². The van der Waals surface area contributed by atoms with E-state index in [0.717, 1.165) is 0 Å². The SMILES string of the molecule is O=C(Nc1ncccn1)NS(=O)(=O)c1ccccn1.[H-].[Na+]. The van der Waals surface area contributed by atoms with E-state index >= 15 is 0 Å². The number of rotatable bonds is 3. The van der Waals surface area contributed by atoms with E-state index in [1.54, 1.807) is 16.9 Å². The number of hydrogen-bond donors (Lipinski definition) is 2. The maximum Gasteiger partial charge on any atom is 1.00 e. The molecule has 0 bridgehead atoms. The largest absolute Gasteiger partial charge is 1.00 e. The zero-order valence-corrected chi connectivity index (χ0v) is 13.3. The first kappa shape index (κ1) is 16.5. The quantitative estimate of drug-likeness (QED) is 0.606. The molecule has 0 atom stereocenters. The van der Waals surface area contributed by atoms with Gasteiger partial charge in [0.15, 0.2) is 5.03 Å². The molecule has 2 rings (SSSR count). The van der Waals surface area contributed by atoms with Gasteiger partial charge in [0.05, 0.1) is 0 Å². The second-order valence-corrected chi connectivity index (χ2v) is 4.93. The van der Waals surface area contributed by atoms with E-state index in [1.807, 2.05) is 0 Å². The Morgan fingerprint density at radius 1 is 1.05 bits per heavy atom. The number of aromatic nitrogens is 3. The van der Waals surface area contributed by atoms with Gasteiger partial charge in [0, 0.05) is 18.6 Å². The number of anilines is 1. The molecule has 8 nitrogen and oxygen atoms in total. The summed E-state index contributed by atoms with van der Waals surface area (Å²) >= 11 is 0. The van der Waals surface area contributed by atoms with Crippen molar-refractivity contribution in [1.82, 2.24) is 19.7 Å². The third-order valence-electron chi connectivity index (χ3n) is 1.93. The van der Waals surface area contributed by atoms with Crippen LogP contribution in [-0.2, 0) is 10.0 Å². The molecule has 2 N–H and O–H groups in total. The number of hydrogen-bond acceptors (Lipinski definition) is 6.